The molecule has 2 unspecified atom stereocenters. The minimum atomic E-state index is -1.28. The maximum atomic E-state index is 10.4. The van der Waals surface area contributed by atoms with Gasteiger partial charge in [0, 0.05) is 12.6 Å². The predicted octanol–water partition coefficient (Wildman–Crippen LogP) is -0.971. The molecule has 2 heterocycles. The van der Waals surface area contributed by atoms with Gasteiger partial charge in [-0.3, -0.25) is 0 Å². The van der Waals surface area contributed by atoms with Crippen molar-refractivity contribution in [3.8, 4) is 0 Å². The maximum absolute atomic E-state index is 10.4. The van der Waals surface area contributed by atoms with Crippen LogP contribution in [-0.2, 0) is 14.2 Å². The summed E-state index contributed by atoms with van der Waals surface area (Å²) in [6.07, 6.45) is -0.169. The first kappa shape index (κ1) is 12.5. The van der Waals surface area contributed by atoms with Gasteiger partial charge in [0.15, 0.2) is 0 Å². The van der Waals surface area contributed by atoms with Crippen molar-refractivity contribution in [3.63, 3.8) is 0 Å². The second-order valence-electron chi connectivity index (χ2n) is 4.05. The highest BCUT2D eigenvalue weighted by Gasteiger charge is 2.55. The molecule has 0 saturated carbocycles. The average Bonchev–Trinajstić information content (AvgIpc) is 2.50. The Kier molecular flexibility index (Phi) is 3.69. The van der Waals surface area contributed by atoms with Crippen LogP contribution in [0.1, 0.15) is 12.8 Å². The zero-order valence-corrected chi connectivity index (χ0v) is 9.76. The van der Waals surface area contributed by atoms with Crippen molar-refractivity contribution in [1.82, 2.24) is 0 Å². The molecule has 0 aromatic carbocycles. The number of fused-ring (bicyclic) bond motifs is 1. The summed E-state index contributed by atoms with van der Waals surface area (Å²) in [6, 6.07) is -0.824. The minimum Gasteiger partial charge on any atom is -0.396 e. The Morgan fingerprint density at radius 2 is 2.31 bits per heavy atom. The third-order valence-corrected chi connectivity index (χ3v) is 3.25. The summed E-state index contributed by atoms with van der Waals surface area (Å²) in [4.78, 5) is 0. The Balaban J connectivity index is 2.12. The first-order valence-corrected chi connectivity index (χ1v) is 5.70. The van der Waals surface area contributed by atoms with E-state index < -0.39 is 17.7 Å². The van der Waals surface area contributed by atoms with E-state index in [0.717, 1.165) is 0 Å². The van der Waals surface area contributed by atoms with Crippen LogP contribution in [0.25, 0.3) is 0 Å². The second-order valence-corrected chi connectivity index (χ2v) is 4.46. The van der Waals surface area contributed by atoms with Gasteiger partial charge in [-0.25, -0.2) is 0 Å². The molecule has 16 heavy (non-hydrogen) atoms. The molecule has 2 aliphatic heterocycles. The molecule has 4 atom stereocenters. The van der Waals surface area contributed by atoms with E-state index in [1.807, 2.05) is 0 Å². The quantitative estimate of drug-likeness (QED) is 0.493. The van der Waals surface area contributed by atoms with Gasteiger partial charge in [0.05, 0.1) is 6.61 Å². The Morgan fingerprint density at radius 3 is 3.00 bits per heavy atom. The molecule has 7 heteroatoms. The number of ether oxygens (including phenoxy) is 3. The van der Waals surface area contributed by atoms with Gasteiger partial charge in [0.1, 0.15) is 25.7 Å². The van der Waals surface area contributed by atoms with Crippen LogP contribution in [-0.4, -0.2) is 60.8 Å². The van der Waals surface area contributed by atoms with Crippen molar-refractivity contribution in [1.29, 1.82) is 0 Å². The Bertz CT molecular complexity index is 289. The number of hydrogen-bond donors (Lipinski definition) is 2. The maximum Gasteiger partial charge on any atom is 0.203 e. The fraction of sp³-hybridized carbons (Fsp3) is 0.889. The zero-order chi connectivity index (χ0) is 11.8. The molecule has 0 spiro atoms. The summed E-state index contributed by atoms with van der Waals surface area (Å²) in [5.41, 5.74) is -1.06. The van der Waals surface area contributed by atoms with Crippen LogP contribution in [0.15, 0.2) is 0 Å². The third-order valence-electron chi connectivity index (χ3n) is 2.99. The Hall–Kier alpha value is 0.0349. The number of rotatable bonds is 3. The summed E-state index contributed by atoms with van der Waals surface area (Å²) < 4.78 is 15.9. The van der Waals surface area contributed by atoms with Crippen molar-refractivity contribution in [3.05, 3.63) is 0 Å². The molecule has 2 aliphatic rings. The smallest absolute Gasteiger partial charge is 0.203 e. The molecule has 88 valence electrons. The van der Waals surface area contributed by atoms with Crippen LogP contribution in [0.3, 0.4) is 0 Å². The van der Waals surface area contributed by atoms with Crippen LogP contribution in [0.2, 0.25) is 0 Å². The summed E-state index contributed by atoms with van der Waals surface area (Å²) in [5.74, 6) is 0. The lowest BCUT2D eigenvalue weighted by molar-refractivity contribution is -0.0892. The molecular weight excluding hydrogens is 230 g/mol. The van der Waals surface area contributed by atoms with Gasteiger partial charge in [0.25, 0.3) is 0 Å². The summed E-state index contributed by atoms with van der Waals surface area (Å²) in [6.45, 7) is 0.284. The van der Waals surface area contributed by atoms with E-state index >= 15 is 0 Å². The van der Waals surface area contributed by atoms with Gasteiger partial charge in [-0.05, 0) is 12.8 Å². The number of aliphatic hydroxyl groups is 2. The lowest BCUT2D eigenvalue weighted by atomic mass is 9.77. The fourth-order valence-corrected chi connectivity index (χ4v) is 2.33. The normalized spacial score (nSPS) is 43.4. The molecule has 0 bridgehead atoms. The van der Waals surface area contributed by atoms with E-state index in [1.54, 1.807) is 0 Å². The minimum absolute atomic E-state index is 0.00658. The lowest BCUT2D eigenvalue weighted by Crippen LogP contribution is -2.53. The summed E-state index contributed by atoms with van der Waals surface area (Å²) in [7, 11) is 8.88. The fourth-order valence-electron chi connectivity index (χ4n) is 2.12. The van der Waals surface area contributed by atoms with Crippen LogP contribution in [0.5, 0.6) is 0 Å². The van der Waals surface area contributed by atoms with Crippen molar-refractivity contribution in [2.75, 3.05) is 13.2 Å². The van der Waals surface area contributed by atoms with E-state index in [0.29, 0.717) is 19.4 Å². The van der Waals surface area contributed by atoms with E-state index in [2.05, 4.69) is 8.86 Å². The van der Waals surface area contributed by atoms with Crippen molar-refractivity contribution >= 4 is 22.4 Å². The van der Waals surface area contributed by atoms with Gasteiger partial charge in [-0.2, -0.15) is 0 Å². The second kappa shape index (κ2) is 4.73. The van der Waals surface area contributed by atoms with E-state index in [4.69, 9.17) is 27.2 Å². The number of hydrogen-bond acceptors (Lipinski definition) is 5. The van der Waals surface area contributed by atoms with Crippen molar-refractivity contribution in [2.45, 2.75) is 36.7 Å². The summed E-state index contributed by atoms with van der Waals surface area (Å²) >= 11 is 0. The van der Waals surface area contributed by atoms with Crippen LogP contribution < -0.4 is 0 Å². The highest BCUT2D eigenvalue weighted by atomic mass is 31.0. The highest BCUT2D eigenvalue weighted by Crippen LogP contribution is 2.37. The first-order valence-electron chi connectivity index (χ1n) is 5.20. The van der Waals surface area contributed by atoms with Gasteiger partial charge in [-0.1, -0.05) is 8.86 Å². The largest absolute Gasteiger partial charge is 0.396 e. The van der Waals surface area contributed by atoms with E-state index in [9.17, 15) is 5.11 Å². The van der Waals surface area contributed by atoms with Gasteiger partial charge >= 0.3 is 0 Å². The monoisotopic (exact) mass is 244 g/mol. The molecule has 2 saturated heterocycles. The van der Waals surface area contributed by atoms with Gasteiger partial charge in [0.2, 0.25) is 5.67 Å². The first-order chi connectivity index (χ1) is 7.58. The lowest BCUT2D eigenvalue weighted by Gasteiger charge is -2.34. The number of aliphatic hydroxyl groups excluding tert-OH is 1. The van der Waals surface area contributed by atoms with E-state index in [1.165, 1.54) is 0 Å². The topological polar surface area (TPSA) is 68.2 Å². The Labute approximate surface area is 97.3 Å². The SMILES string of the molecule is [B]C1OC2COC(=P)O[C@H]2[C@@]1(O)CCCO. The third kappa shape index (κ3) is 2.06. The molecular formula is C9H14BO5P. The standard InChI is InChI=1S/C9H14BO5P/c10-7-9(12,2-1-3-11)6-5(14-7)4-13-8(16)15-6/h5-7,11-12,16H,1-4H2/t5?,6-,7?,9+/m1/s1. The molecule has 5 nitrogen and oxygen atoms in total. The molecule has 0 aromatic rings. The van der Waals surface area contributed by atoms with Gasteiger partial charge < -0.3 is 24.4 Å². The average molecular weight is 244 g/mol. The van der Waals surface area contributed by atoms with Gasteiger partial charge in [-0.15, -0.1) is 0 Å². The molecule has 2 N–H and O–H groups in total. The van der Waals surface area contributed by atoms with Crippen LogP contribution in [0, 0.1) is 0 Å². The molecule has 2 radical (unpaired) electrons. The molecule has 0 aromatic heterocycles. The van der Waals surface area contributed by atoms with Crippen LogP contribution >= 0.6 is 8.86 Å². The molecule has 2 fully saturated rings. The summed E-state index contributed by atoms with van der Waals surface area (Å²) in [5, 5.41) is 19.2. The van der Waals surface area contributed by atoms with Crippen LogP contribution in [0.4, 0.5) is 0 Å². The van der Waals surface area contributed by atoms with Crippen molar-refractivity contribution in [2.24, 2.45) is 0 Å². The molecule has 0 aliphatic carbocycles. The molecule has 2 rings (SSSR count). The Morgan fingerprint density at radius 1 is 1.56 bits per heavy atom. The predicted molar refractivity (Wildman–Crippen MR) is 59.8 cm³/mol. The zero-order valence-electron chi connectivity index (χ0n) is 8.76. The molecule has 0 amide bonds. The van der Waals surface area contributed by atoms with Crippen molar-refractivity contribution < 1.29 is 24.4 Å². The van der Waals surface area contributed by atoms with E-state index in [-0.39, 0.29) is 18.4 Å². The highest BCUT2D eigenvalue weighted by molar-refractivity contribution is 7.19.